The summed E-state index contributed by atoms with van der Waals surface area (Å²) in [4.78, 5) is 26.3. The largest absolute Gasteiger partial charge is 0.497 e. The summed E-state index contributed by atoms with van der Waals surface area (Å²) >= 11 is 0. The summed E-state index contributed by atoms with van der Waals surface area (Å²) in [7, 11) is 1.58. The first-order chi connectivity index (χ1) is 11.7. The summed E-state index contributed by atoms with van der Waals surface area (Å²) in [5.41, 5.74) is 0.706. The van der Waals surface area contributed by atoms with Crippen molar-refractivity contribution in [3.8, 4) is 11.5 Å². The maximum absolute atomic E-state index is 12.5. The summed E-state index contributed by atoms with van der Waals surface area (Å²) in [5, 5.41) is 2.79. The van der Waals surface area contributed by atoms with Crippen LogP contribution in [0.5, 0.6) is 11.5 Å². The van der Waals surface area contributed by atoms with Crippen LogP contribution in [-0.4, -0.2) is 37.1 Å². The molecule has 1 N–H and O–H groups in total. The number of hydrogen-bond donors (Lipinski definition) is 1. The Hall–Kier alpha value is -3.02. The van der Waals surface area contributed by atoms with Crippen molar-refractivity contribution in [3.05, 3.63) is 60.2 Å². The Balaban J connectivity index is 1.83. The van der Waals surface area contributed by atoms with Crippen LogP contribution in [0.15, 0.2) is 54.6 Å². The van der Waals surface area contributed by atoms with E-state index in [1.807, 2.05) is 6.07 Å². The van der Waals surface area contributed by atoms with Gasteiger partial charge in [-0.25, -0.2) is 4.79 Å². The van der Waals surface area contributed by atoms with Gasteiger partial charge in [0.05, 0.1) is 7.11 Å². The lowest BCUT2D eigenvalue weighted by Crippen LogP contribution is -2.52. The van der Waals surface area contributed by atoms with Crippen LogP contribution in [0.2, 0.25) is 0 Å². The van der Waals surface area contributed by atoms with Crippen molar-refractivity contribution in [2.75, 3.05) is 20.2 Å². The third-order valence-electron chi connectivity index (χ3n) is 3.83. The molecule has 1 unspecified atom stereocenters. The minimum atomic E-state index is -0.721. The smallest absolute Gasteiger partial charge is 0.416 e. The van der Waals surface area contributed by atoms with Crippen molar-refractivity contribution in [1.29, 1.82) is 0 Å². The van der Waals surface area contributed by atoms with Gasteiger partial charge in [-0.2, -0.15) is 0 Å². The molecule has 6 heteroatoms. The second-order valence-corrected chi connectivity index (χ2v) is 5.34. The Morgan fingerprint density at radius 2 is 1.79 bits per heavy atom. The maximum atomic E-state index is 12.5. The highest BCUT2D eigenvalue weighted by Gasteiger charge is 2.35. The minimum Gasteiger partial charge on any atom is -0.497 e. The normalized spacial score (nSPS) is 17.1. The van der Waals surface area contributed by atoms with Gasteiger partial charge in [-0.05, 0) is 29.8 Å². The van der Waals surface area contributed by atoms with Crippen LogP contribution < -0.4 is 14.8 Å². The molecule has 2 aromatic rings. The van der Waals surface area contributed by atoms with Gasteiger partial charge >= 0.3 is 6.09 Å². The van der Waals surface area contributed by atoms with E-state index in [-0.39, 0.29) is 5.91 Å². The molecule has 0 aromatic heterocycles. The number of hydrogen-bond acceptors (Lipinski definition) is 4. The molecule has 0 bridgehead atoms. The second kappa shape index (κ2) is 7.04. The molecule has 0 saturated carbocycles. The number of carbonyl (C=O) groups excluding carboxylic acids is 2. The third kappa shape index (κ3) is 3.32. The molecule has 1 aliphatic rings. The fourth-order valence-corrected chi connectivity index (χ4v) is 2.63. The maximum Gasteiger partial charge on any atom is 0.416 e. The van der Waals surface area contributed by atoms with Crippen LogP contribution in [0.25, 0.3) is 0 Å². The first-order valence-corrected chi connectivity index (χ1v) is 7.64. The van der Waals surface area contributed by atoms with E-state index in [1.54, 1.807) is 55.6 Å². The zero-order valence-corrected chi connectivity index (χ0v) is 13.3. The minimum absolute atomic E-state index is 0.226. The molecule has 124 valence electrons. The first kappa shape index (κ1) is 15.9. The zero-order valence-electron chi connectivity index (χ0n) is 13.3. The highest BCUT2D eigenvalue weighted by Crippen LogP contribution is 2.26. The van der Waals surface area contributed by atoms with Gasteiger partial charge in [-0.15, -0.1) is 0 Å². The number of carbonyl (C=O) groups is 2. The van der Waals surface area contributed by atoms with Gasteiger partial charge in [0.1, 0.15) is 17.5 Å². The molecule has 1 heterocycles. The van der Waals surface area contributed by atoms with Crippen molar-refractivity contribution in [2.24, 2.45) is 0 Å². The molecule has 1 fully saturated rings. The molecule has 3 rings (SSSR count). The Morgan fingerprint density at radius 3 is 2.46 bits per heavy atom. The van der Waals surface area contributed by atoms with Crippen molar-refractivity contribution >= 4 is 12.0 Å². The number of nitrogens with one attached hydrogen (secondary N) is 1. The zero-order chi connectivity index (χ0) is 16.9. The Labute approximate surface area is 140 Å². The van der Waals surface area contributed by atoms with Crippen LogP contribution >= 0.6 is 0 Å². The van der Waals surface area contributed by atoms with E-state index in [2.05, 4.69) is 5.32 Å². The average molecular weight is 326 g/mol. The highest BCUT2D eigenvalue weighted by molar-refractivity contribution is 5.88. The van der Waals surface area contributed by atoms with Crippen LogP contribution in [-0.2, 0) is 4.79 Å². The predicted octanol–water partition coefficient (Wildman–Crippen LogP) is 2.37. The van der Waals surface area contributed by atoms with Crippen LogP contribution in [0.4, 0.5) is 4.79 Å². The van der Waals surface area contributed by atoms with Crippen LogP contribution in [0, 0.1) is 0 Å². The molecule has 1 aliphatic heterocycles. The van der Waals surface area contributed by atoms with Gasteiger partial charge in [-0.3, -0.25) is 9.69 Å². The van der Waals surface area contributed by atoms with E-state index in [9.17, 15) is 9.59 Å². The topological polar surface area (TPSA) is 67.9 Å². The SMILES string of the molecule is COc1ccc(C2C(=O)NCCN2C(=O)Oc2ccccc2)cc1. The van der Waals surface area contributed by atoms with Gasteiger partial charge < -0.3 is 14.8 Å². The standard InChI is InChI=1S/C18H18N2O4/c1-23-14-9-7-13(8-10-14)16-17(21)19-11-12-20(16)18(22)24-15-5-3-2-4-6-15/h2-10,16H,11-12H2,1H3,(H,19,21). The van der Waals surface area contributed by atoms with E-state index >= 15 is 0 Å². The van der Waals surface area contributed by atoms with Crippen molar-refractivity contribution in [2.45, 2.75) is 6.04 Å². The van der Waals surface area contributed by atoms with Crippen LogP contribution in [0.3, 0.4) is 0 Å². The number of nitrogens with zero attached hydrogens (tertiary/aromatic N) is 1. The number of para-hydroxylation sites is 1. The lowest BCUT2D eigenvalue weighted by atomic mass is 10.0. The predicted molar refractivity (Wildman–Crippen MR) is 87.9 cm³/mol. The van der Waals surface area contributed by atoms with E-state index in [1.165, 1.54) is 4.90 Å². The Kier molecular flexibility index (Phi) is 4.65. The number of rotatable bonds is 3. The first-order valence-electron chi connectivity index (χ1n) is 7.64. The molecule has 24 heavy (non-hydrogen) atoms. The quantitative estimate of drug-likeness (QED) is 0.940. The van der Waals surface area contributed by atoms with Crippen molar-refractivity contribution < 1.29 is 19.1 Å². The molecule has 0 aliphatic carbocycles. The summed E-state index contributed by atoms with van der Waals surface area (Å²) in [6.45, 7) is 0.781. The summed E-state index contributed by atoms with van der Waals surface area (Å²) in [5.74, 6) is 0.909. The molecule has 1 saturated heterocycles. The van der Waals surface area contributed by atoms with E-state index < -0.39 is 12.1 Å². The van der Waals surface area contributed by atoms with Gasteiger partial charge in [0, 0.05) is 13.1 Å². The summed E-state index contributed by atoms with van der Waals surface area (Å²) < 4.78 is 10.5. The summed E-state index contributed by atoms with van der Waals surface area (Å²) in [6, 6.07) is 15.2. The van der Waals surface area contributed by atoms with Gasteiger partial charge in [0.15, 0.2) is 0 Å². The molecule has 2 aromatic carbocycles. The second-order valence-electron chi connectivity index (χ2n) is 5.34. The Bertz CT molecular complexity index is 716. The third-order valence-corrected chi connectivity index (χ3v) is 3.83. The number of piperazine rings is 1. The fourth-order valence-electron chi connectivity index (χ4n) is 2.63. The van der Waals surface area contributed by atoms with Crippen molar-refractivity contribution in [1.82, 2.24) is 10.2 Å². The van der Waals surface area contributed by atoms with E-state index in [4.69, 9.17) is 9.47 Å². The molecule has 2 amide bonds. The lowest BCUT2D eigenvalue weighted by molar-refractivity contribution is -0.128. The highest BCUT2D eigenvalue weighted by atomic mass is 16.6. The summed E-state index contributed by atoms with van der Waals surface area (Å²) in [6.07, 6.45) is -0.545. The number of amides is 2. The van der Waals surface area contributed by atoms with Crippen molar-refractivity contribution in [3.63, 3.8) is 0 Å². The molecule has 6 nitrogen and oxygen atoms in total. The number of ether oxygens (including phenoxy) is 2. The molecule has 0 spiro atoms. The van der Waals surface area contributed by atoms with Gasteiger partial charge in [0.25, 0.3) is 0 Å². The monoisotopic (exact) mass is 326 g/mol. The molecule has 1 atom stereocenters. The number of benzene rings is 2. The van der Waals surface area contributed by atoms with Crippen LogP contribution in [0.1, 0.15) is 11.6 Å². The lowest BCUT2D eigenvalue weighted by Gasteiger charge is -2.34. The van der Waals surface area contributed by atoms with Gasteiger partial charge in [0.2, 0.25) is 5.91 Å². The Morgan fingerprint density at radius 1 is 1.08 bits per heavy atom. The molecular formula is C18H18N2O4. The van der Waals surface area contributed by atoms with E-state index in [0.29, 0.717) is 30.2 Å². The molecule has 0 radical (unpaired) electrons. The fraction of sp³-hybridized carbons (Fsp3) is 0.222. The average Bonchev–Trinajstić information content (AvgIpc) is 2.62. The van der Waals surface area contributed by atoms with E-state index in [0.717, 1.165) is 0 Å². The number of methoxy groups -OCH3 is 1. The van der Waals surface area contributed by atoms with Gasteiger partial charge in [-0.1, -0.05) is 30.3 Å². The molecular weight excluding hydrogens is 308 g/mol.